The topological polar surface area (TPSA) is 99.2 Å². The van der Waals surface area contributed by atoms with Crippen molar-refractivity contribution in [2.24, 2.45) is 0 Å². The lowest BCUT2D eigenvalue weighted by Crippen LogP contribution is -2.62. The van der Waals surface area contributed by atoms with Gasteiger partial charge in [-0.1, -0.05) is 48.5 Å². The first kappa shape index (κ1) is 22.6. The molecule has 4 rings (SSSR count). The largest absolute Gasteiger partial charge is 0.548 e. The highest BCUT2D eigenvalue weighted by Crippen LogP contribution is 2.44. The van der Waals surface area contributed by atoms with E-state index in [1.807, 2.05) is 36.4 Å². The Labute approximate surface area is 192 Å². The Morgan fingerprint density at radius 3 is 2.06 bits per heavy atom. The number of carbonyl (C=O) groups is 3. The number of carboxylic acids is 1. The van der Waals surface area contributed by atoms with Crippen LogP contribution in [0.2, 0.25) is 0 Å². The Kier molecular flexibility index (Phi) is 6.01. The molecule has 0 unspecified atom stereocenters. The third-order valence-electron chi connectivity index (χ3n) is 5.87. The van der Waals surface area contributed by atoms with Gasteiger partial charge < -0.3 is 24.3 Å². The Bertz CT molecular complexity index is 1030. The van der Waals surface area contributed by atoms with E-state index < -0.39 is 29.8 Å². The number of hydrogen-bond donors (Lipinski definition) is 0. The molecule has 0 N–H and O–H groups in total. The van der Waals surface area contributed by atoms with E-state index in [0.717, 1.165) is 27.2 Å². The SMILES string of the molecule is CC(C)(C)OC(=O)N1CCN(C(=O)OCC2c3ccccc3-c3ccccc32)C[C@H]1C(=O)[O-]. The highest BCUT2D eigenvalue weighted by Gasteiger charge is 2.37. The zero-order chi connectivity index (χ0) is 23.8. The third-order valence-corrected chi connectivity index (χ3v) is 5.87. The van der Waals surface area contributed by atoms with Gasteiger partial charge in [-0.2, -0.15) is 0 Å². The monoisotopic (exact) mass is 451 g/mol. The van der Waals surface area contributed by atoms with Gasteiger partial charge in [0.2, 0.25) is 0 Å². The molecule has 2 aliphatic rings. The van der Waals surface area contributed by atoms with Crippen molar-refractivity contribution >= 4 is 18.2 Å². The number of aliphatic carboxylic acids is 1. The fourth-order valence-electron chi connectivity index (χ4n) is 4.37. The number of ether oxygens (including phenoxy) is 2. The van der Waals surface area contributed by atoms with Gasteiger partial charge in [0, 0.05) is 19.0 Å². The first-order chi connectivity index (χ1) is 15.7. The van der Waals surface area contributed by atoms with Crippen molar-refractivity contribution in [3.05, 3.63) is 59.7 Å². The Balaban J connectivity index is 1.43. The minimum atomic E-state index is -1.45. The summed E-state index contributed by atoms with van der Waals surface area (Å²) in [6, 6.07) is 14.7. The van der Waals surface area contributed by atoms with E-state index in [-0.39, 0.29) is 32.2 Å². The van der Waals surface area contributed by atoms with E-state index in [0.29, 0.717) is 0 Å². The molecule has 0 bridgehead atoms. The van der Waals surface area contributed by atoms with Crippen LogP contribution >= 0.6 is 0 Å². The second-order valence-electron chi connectivity index (χ2n) is 9.26. The number of rotatable bonds is 3. The minimum Gasteiger partial charge on any atom is -0.548 e. The molecule has 1 aliphatic carbocycles. The van der Waals surface area contributed by atoms with E-state index in [1.165, 1.54) is 4.90 Å². The molecule has 1 fully saturated rings. The van der Waals surface area contributed by atoms with E-state index >= 15 is 0 Å². The Morgan fingerprint density at radius 2 is 1.52 bits per heavy atom. The summed E-state index contributed by atoms with van der Waals surface area (Å²) in [5, 5.41) is 11.7. The van der Waals surface area contributed by atoms with Crippen LogP contribution in [0.1, 0.15) is 37.8 Å². The third kappa shape index (κ3) is 4.65. The normalized spacial score (nSPS) is 17.8. The van der Waals surface area contributed by atoms with Gasteiger partial charge in [0.25, 0.3) is 0 Å². The van der Waals surface area contributed by atoms with Crippen LogP contribution in [0.5, 0.6) is 0 Å². The number of amides is 2. The van der Waals surface area contributed by atoms with Gasteiger partial charge in [-0.25, -0.2) is 9.59 Å². The summed E-state index contributed by atoms with van der Waals surface area (Å²) >= 11 is 0. The van der Waals surface area contributed by atoms with E-state index in [9.17, 15) is 19.5 Å². The fourth-order valence-corrected chi connectivity index (χ4v) is 4.37. The Morgan fingerprint density at radius 1 is 0.939 bits per heavy atom. The van der Waals surface area contributed by atoms with Crippen LogP contribution in [0.4, 0.5) is 9.59 Å². The predicted octanol–water partition coefficient (Wildman–Crippen LogP) is 2.61. The summed E-state index contributed by atoms with van der Waals surface area (Å²) in [4.78, 5) is 39.3. The first-order valence-electron chi connectivity index (χ1n) is 11.0. The molecule has 2 amide bonds. The molecular weight excluding hydrogens is 424 g/mol. The maximum absolute atomic E-state index is 12.8. The number of carbonyl (C=O) groups excluding carboxylic acids is 3. The van der Waals surface area contributed by atoms with Gasteiger partial charge in [0.15, 0.2) is 0 Å². The van der Waals surface area contributed by atoms with E-state index in [4.69, 9.17) is 9.47 Å². The number of carboxylic acid groups (broad SMARTS) is 1. The molecule has 1 saturated heterocycles. The molecule has 2 aromatic carbocycles. The zero-order valence-electron chi connectivity index (χ0n) is 18.9. The van der Waals surface area contributed by atoms with Crippen LogP contribution < -0.4 is 5.11 Å². The molecular formula is C25H27N2O6-. The van der Waals surface area contributed by atoms with Crippen molar-refractivity contribution in [2.75, 3.05) is 26.2 Å². The molecule has 33 heavy (non-hydrogen) atoms. The number of benzene rings is 2. The summed E-state index contributed by atoms with van der Waals surface area (Å²) in [6.45, 7) is 5.16. The van der Waals surface area contributed by atoms with Crippen molar-refractivity contribution in [1.29, 1.82) is 0 Å². The number of hydrogen-bond acceptors (Lipinski definition) is 6. The maximum Gasteiger partial charge on any atom is 0.410 e. The van der Waals surface area contributed by atoms with Crippen LogP contribution in [-0.4, -0.2) is 65.8 Å². The van der Waals surface area contributed by atoms with Gasteiger partial charge in [0.05, 0.1) is 18.6 Å². The summed E-state index contributed by atoms with van der Waals surface area (Å²) in [7, 11) is 0. The van der Waals surface area contributed by atoms with Gasteiger partial charge in [-0.15, -0.1) is 0 Å². The van der Waals surface area contributed by atoms with Crippen LogP contribution in [0, 0.1) is 0 Å². The van der Waals surface area contributed by atoms with Crippen molar-refractivity contribution in [3.63, 3.8) is 0 Å². The van der Waals surface area contributed by atoms with Crippen LogP contribution in [0.15, 0.2) is 48.5 Å². The lowest BCUT2D eigenvalue weighted by atomic mass is 9.98. The van der Waals surface area contributed by atoms with Gasteiger partial charge >= 0.3 is 12.2 Å². The average Bonchev–Trinajstić information content (AvgIpc) is 3.09. The van der Waals surface area contributed by atoms with Crippen molar-refractivity contribution in [1.82, 2.24) is 9.80 Å². The maximum atomic E-state index is 12.8. The highest BCUT2D eigenvalue weighted by atomic mass is 16.6. The van der Waals surface area contributed by atoms with E-state index in [1.54, 1.807) is 20.8 Å². The second kappa shape index (κ2) is 8.77. The second-order valence-corrected chi connectivity index (χ2v) is 9.26. The minimum absolute atomic E-state index is 0.0117. The van der Waals surface area contributed by atoms with E-state index in [2.05, 4.69) is 12.1 Å². The quantitative estimate of drug-likeness (QED) is 0.711. The van der Waals surface area contributed by atoms with Gasteiger partial charge in [0.1, 0.15) is 12.2 Å². The van der Waals surface area contributed by atoms with Crippen LogP contribution in [0.25, 0.3) is 11.1 Å². The zero-order valence-corrected chi connectivity index (χ0v) is 18.9. The molecule has 1 aliphatic heterocycles. The van der Waals surface area contributed by atoms with Gasteiger partial charge in [-0.05, 0) is 43.0 Å². The molecule has 0 radical (unpaired) electrons. The number of nitrogens with zero attached hydrogens (tertiary/aromatic N) is 2. The van der Waals surface area contributed by atoms with Crippen molar-refractivity contribution in [2.45, 2.75) is 38.3 Å². The summed E-state index contributed by atoms with van der Waals surface area (Å²) in [6.07, 6.45) is -1.36. The molecule has 0 saturated carbocycles. The average molecular weight is 451 g/mol. The highest BCUT2D eigenvalue weighted by molar-refractivity contribution is 5.81. The summed E-state index contributed by atoms with van der Waals surface area (Å²) in [5.41, 5.74) is 3.66. The molecule has 8 nitrogen and oxygen atoms in total. The van der Waals surface area contributed by atoms with Crippen LogP contribution in [0.3, 0.4) is 0 Å². The smallest absolute Gasteiger partial charge is 0.410 e. The number of piperazine rings is 1. The molecule has 0 spiro atoms. The molecule has 8 heteroatoms. The summed E-state index contributed by atoms with van der Waals surface area (Å²) in [5.74, 6) is -1.54. The standard InChI is InChI=1S/C25H28N2O6/c1-25(2,3)33-24(31)27-13-12-26(14-21(27)22(28)29)23(30)32-15-20-18-10-6-4-8-16(18)17-9-5-7-11-19(17)20/h4-11,20-21H,12-15H2,1-3H3,(H,28,29)/p-1/t21-/m0/s1. The predicted molar refractivity (Wildman–Crippen MR) is 118 cm³/mol. The van der Waals surface area contributed by atoms with Crippen molar-refractivity contribution < 1.29 is 29.0 Å². The molecule has 1 atom stereocenters. The molecule has 174 valence electrons. The summed E-state index contributed by atoms with van der Waals surface area (Å²) < 4.78 is 10.9. The molecule has 2 aromatic rings. The lowest BCUT2D eigenvalue weighted by molar-refractivity contribution is -0.312. The fraction of sp³-hybridized carbons (Fsp3) is 0.400. The van der Waals surface area contributed by atoms with Crippen molar-refractivity contribution in [3.8, 4) is 11.1 Å². The lowest BCUT2D eigenvalue weighted by Gasteiger charge is -2.41. The van der Waals surface area contributed by atoms with Gasteiger partial charge in [-0.3, -0.25) is 4.90 Å². The molecule has 0 aromatic heterocycles. The Hall–Kier alpha value is -3.55. The van der Waals surface area contributed by atoms with Crippen LogP contribution in [-0.2, 0) is 14.3 Å². The molecule has 1 heterocycles. The first-order valence-corrected chi connectivity index (χ1v) is 11.0. The number of fused-ring (bicyclic) bond motifs is 3.